The molecule has 3 aromatic heterocycles. The predicted molar refractivity (Wildman–Crippen MR) is 107 cm³/mol. The van der Waals surface area contributed by atoms with Crippen molar-refractivity contribution in [1.82, 2.24) is 15.0 Å². The molecule has 0 unspecified atom stereocenters. The van der Waals surface area contributed by atoms with E-state index in [4.69, 9.17) is 10.5 Å². The van der Waals surface area contributed by atoms with Gasteiger partial charge in [0.15, 0.2) is 0 Å². The maximum Gasteiger partial charge on any atom is 0.404 e. The summed E-state index contributed by atoms with van der Waals surface area (Å²) in [5, 5.41) is 7.85. The molecule has 0 atom stereocenters. The minimum absolute atomic E-state index is 0.0854. The summed E-state index contributed by atoms with van der Waals surface area (Å²) >= 11 is 1.42. The summed E-state index contributed by atoms with van der Waals surface area (Å²) in [5.41, 5.74) is 6.58. The highest BCUT2D eigenvalue weighted by Crippen LogP contribution is 2.25. The lowest BCUT2D eigenvalue weighted by Crippen LogP contribution is -2.20. The van der Waals surface area contributed by atoms with Gasteiger partial charge in [-0.2, -0.15) is 0 Å². The van der Waals surface area contributed by atoms with Crippen molar-refractivity contribution in [2.24, 2.45) is 5.73 Å². The van der Waals surface area contributed by atoms with Crippen LogP contribution < -0.4 is 16.4 Å². The number of primary amides is 1. The van der Waals surface area contributed by atoms with Crippen LogP contribution in [-0.2, 0) is 16.1 Å². The first kappa shape index (κ1) is 20.2. The molecule has 0 bridgehead atoms. The Balaban J connectivity index is 1.45. The van der Waals surface area contributed by atoms with Gasteiger partial charge in [-0.15, -0.1) is 11.3 Å². The van der Waals surface area contributed by atoms with Crippen LogP contribution in [0.1, 0.15) is 5.56 Å². The van der Waals surface area contributed by atoms with Crippen molar-refractivity contribution in [2.75, 3.05) is 23.8 Å². The molecule has 3 heterocycles. The number of urea groups is 1. The van der Waals surface area contributed by atoms with Crippen molar-refractivity contribution in [3.05, 3.63) is 53.8 Å². The highest BCUT2D eigenvalue weighted by atomic mass is 32.1. The van der Waals surface area contributed by atoms with Gasteiger partial charge >= 0.3 is 12.1 Å². The van der Waals surface area contributed by atoms with Crippen molar-refractivity contribution in [1.29, 1.82) is 0 Å². The standard InChI is InChI=1S/C18H18N6O4S/c19-17(25)28-8-7-27-10-12-1-2-14(21-9-12)23-18(26)24-15-11-29-16(22-15)13-3-5-20-6-4-13/h1-6,9,11H,7-8,10H2,(H2,19,25)(H2,21,23,24,26). The summed E-state index contributed by atoms with van der Waals surface area (Å²) in [6.45, 7) is 0.598. The number of anilines is 2. The first-order chi connectivity index (χ1) is 14.1. The number of carbonyl (C=O) groups is 2. The Morgan fingerprint density at radius 1 is 1.07 bits per heavy atom. The lowest BCUT2D eigenvalue weighted by Gasteiger charge is -2.07. The Hall–Kier alpha value is -3.57. The Bertz CT molecular complexity index is 948. The molecule has 3 rings (SSSR count). The summed E-state index contributed by atoms with van der Waals surface area (Å²) < 4.78 is 9.88. The van der Waals surface area contributed by atoms with Crippen LogP contribution in [0.15, 0.2) is 48.2 Å². The van der Waals surface area contributed by atoms with E-state index in [2.05, 4.69) is 30.3 Å². The van der Waals surface area contributed by atoms with Gasteiger partial charge in [-0.25, -0.2) is 19.6 Å². The average Bonchev–Trinajstić information content (AvgIpc) is 3.18. The van der Waals surface area contributed by atoms with Gasteiger partial charge in [0, 0.05) is 29.5 Å². The number of nitrogens with zero attached hydrogens (tertiary/aromatic N) is 3. The van der Waals surface area contributed by atoms with Gasteiger partial charge < -0.3 is 15.2 Å². The number of pyridine rings is 2. The summed E-state index contributed by atoms with van der Waals surface area (Å²) in [4.78, 5) is 35.1. The molecule has 0 aliphatic rings. The monoisotopic (exact) mass is 414 g/mol. The Morgan fingerprint density at radius 3 is 2.59 bits per heavy atom. The highest BCUT2D eigenvalue weighted by Gasteiger charge is 2.08. The van der Waals surface area contributed by atoms with Gasteiger partial charge in [-0.1, -0.05) is 6.07 Å². The van der Waals surface area contributed by atoms with Crippen molar-refractivity contribution >= 4 is 35.1 Å². The van der Waals surface area contributed by atoms with Gasteiger partial charge in [-0.3, -0.25) is 15.6 Å². The van der Waals surface area contributed by atoms with Crippen LogP contribution in [-0.4, -0.2) is 40.3 Å². The molecule has 150 valence electrons. The van der Waals surface area contributed by atoms with Crippen LogP contribution >= 0.6 is 11.3 Å². The second-order valence-corrected chi connectivity index (χ2v) is 6.48. The zero-order chi connectivity index (χ0) is 20.5. The lowest BCUT2D eigenvalue weighted by molar-refractivity contribution is 0.0680. The molecule has 0 aliphatic heterocycles. The topological polar surface area (TPSA) is 141 Å². The minimum atomic E-state index is -0.838. The lowest BCUT2D eigenvalue weighted by atomic mass is 10.3. The third-order valence-corrected chi connectivity index (χ3v) is 4.37. The number of nitrogens with one attached hydrogen (secondary N) is 2. The van der Waals surface area contributed by atoms with E-state index in [9.17, 15) is 9.59 Å². The van der Waals surface area contributed by atoms with E-state index in [1.807, 2.05) is 12.1 Å². The van der Waals surface area contributed by atoms with Crippen LogP contribution in [0.4, 0.5) is 21.2 Å². The molecule has 3 amide bonds. The van der Waals surface area contributed by atoms with E-state index in [1.165, 1.54) is 11.3 Å². The molecular formula is C18H18N6O4S. The molecule has 0 saturated heterocycles. The van der Waals surface area contributed by atoms with Crippen molar-refractivity contribution in [3.63, 3.8) is 0 Å². The quantitative estimate of drug-likeness (QED) is 0.481. The van der Waals surface area contributed by atoms with E-state index in [0.29, 0.717) is 11.6 Å². The second kappa shape index (κ2) is 10.1. The third kappa shape index (κ3) is 6.52. The Labute approximate surface area is 170 Å². The summed E-state index contributed by atoms with van der Waals surface area (Å²) in [6.07, 6.45) is 4.11. The molecule has 0 radical (unpaired) electrons. The first-order valence-corrected chi connectivity index (χ1v) is 9.37. The molecule has 11 heteroatoms. The SMILES string of the molecule is NC(=O)OCCOCc1ccc(NC(=O)Nc2csc(-c3ccncc3)n2)nc1. The molecule has 0 spiro atoms. The fourth-order valence-corrected chi connectivity index (χ4v) is 2.96. The third-order valence-electron chi connectivity index (χ3n) is 3.48. The van der Waals surface area contributed by atoms with Crippen LogP contribution in [0.25, 0.3) is 10.6 Å². The van der Waals surface area contributed by atoms with Crippen molar-refractivity contribution < 1.29 is 19.1 Å². The number of hydrogen-bond donors (Lipinski definition) is 3. The summed E-state index contributed by atoms with van der Waals surface area (Å²) in [7, 11) is 0. The molecular weight excluding hydrogens is 396 g/mol. The number of hydrogen-bond acceptors (Lipinski definition) is 8. The van der Waals surface area contributed by atoms with Crippen LogP contribution in [0.2, 0.25) is 0 Å². The largest absolute Gasteiger partial charge is 0.447 e. The number of ether oxygens (including phenoxy) is 2. The molecule has 0 fully saturated rings. The van der Waals surface area contributed by atoms with Gasteiger partial charge in [0.25, 0.3) is 0 Å². The molecule has 0 saturated carbocycles. The maximum atomic E-state index is 12.1. The van der Waals surface area contributed by atoms with E-state index < -0.39 is 12.1 Å². The van der Waals surface area contributed by atoms with Crippen LogP contribution in [0.5, 0.6) is 0 Å². The number of rotatable bonds is 8. The Kier molecular flexibility index (Phi) is 7.03. The van der Waals surface area contributed by atoms with Gasteiger partial charge in [0.05, 0.1) is 13.2 Å². The fourth-order valence-electron chi connectivity index (χ4n) is 2.20. The fraction of sp³-hybridized carbons (Fsp3) is 0.167. The van der Waals surface area contributed by atoms with E-state index in [0.717, 1.165) is 16.1 Å². The average molecular weight is 414 g/mol. The van der Waals surface area contributed by atoms with E-state index in [1.54, 1.807) is 36.1 Å². The molecule has 0 aromatic carbocycles. The molecule has 4 N–H and O–H groups in total. The maximum absolute atomic E-state index is 12.1. The molecule has 0 aliphatic carbocycles. The van der Waals surface area contributed by atoms with Crippen molar-refractivity contribution in [3.8, 4) is 10.6 Å². The van der Waals surface area contributed by atoms with Gasteiger partial charge in [0.1, 0.15) is 23.3 Å². The smallest absolute Gasteiger partial charge is 0.404 e. The number of nitrogens with two attached hydrogens (primary N) is 1. The second-order valence-electron chi connectivity index (χ2n) is 5.62. The summed E-state index contributed by atoms with van der Waals surface area (Å²) in [5.74, 6) is 0.829. The van der Waals surface area contributed by atoms with E-state index in [-0.39, 0.29) is 19.8 Å². The normalized spacial score (nSPS) is 10.3. The number of amides is 3. The predicted octanol–water partition coefficient (Wildman–Crippen LogP) is 2.86. The van der Waals surface area contributed by atoms with Crippen LogP contribution in [0, 0.1) is 0 Å². The first-order valence-electron chi connectivity index (χ1n) is 8.49. The number of aromatic nitrogens is 3. The zero-order valence-electron chi connectivity index (χ0n) is 15.2. The number of carbonyl (C=O) groups excluding carboxylic acids is 2. The molecule has 29 heavy (non-hydrogen) atoms. The molecule has 3 aromatic rings. The van der Waals surface area contributed by atoms with Gasteiger partial charge in [-0.05, 0) is 23.8 Å². The number of thiazole rings is 1. The highest BCUT2D eigenvalue weighted by molar-refractivity contribution is 7.13. The molecule has 10 nitrogen and oxygen atoms in total. The minimum Gasteiger partial charge on any atom is -0.447 e. The van der Waals surface area contributed by atoms with Gasteiger partial charge in [0.2, 0.25) is 0 Å². The zero-order valence-corrected chi connectivity index (χ0v) is 16.0. The van der Waals surface area contributed by atoms with Crippen LogP contribution in [0.3, 0.4) is 0 Å². The van der Waals surface area contributed by atoms with E-state index >= 15 is 0 Å². The summed E-state index contributed by atoms with van der Waals surface area (Å²) in [6, 6.07) is 6.67. The van der Waals surface area contributed by atoms with Crippen molar-refractivity contribution in [2.45, 2.75) is 6.61 Å². The Morgan fingerprint density at radius 2 is 1.86 bits per heavy atom.